The summed E-state index contributed by atoms with van der Waals surface area (Å²) in [5.41, 5.74) is 2.29. The Morgan fingerprint density at radius 3 is 2.61 bits per heavy atom. The normalized spacial score (nSPS) is 15.7. The Balaban J connectivity index is 1.57. The number of nitriles is 1. The van der Waals surface area contributed by atoms with E-state index >= 15 is 0 Å². The minimum absolute atomic E-state index is 0.0739. The average Bonchev–Trinajstić information content (AvgIpc) is 2.84. The number of benzene rings is 2. The quantitative estimate of drug-likeness (QED) is 0.603. The third-order valence-corrected chi connectivity index (χ3v) is 6.36. The molecule has 1 unspecified atom stereocenters. The molecule has 0 radical (unpaired) electrons. The molecule has 2 amide bonds. The van der Waals surface area contributed by atoms with Crippen LogP contribution in [0.1, 0.15) is 45.2 Å². The molecule has 4 rings (SSSR count). The lowest BCUT2D eigenvalue weighted by Gasteiger charge is -2.39. The van der Waals surface area contributed by atoms with Crippen LogP contribution >= 0.6 is 0 Å². The fourth-order valence-electron chi connectivity index (χ4n) is 4.34. The molecule has 0 saturated carbocycles. The van der Waals surface area contributed by atoms with E-state index < -0.39 is 29.5 Å². The molecule has 1 fully saturated rings. The van der Waals surface area contributed by atoms with E-state index in [4.69, 9.17) is 5.26 Å². The summed E-state index contributed by atoms with van der Waals surface area (Å²) < 4.78 is 28.6. The van der Waals surface area contributed by atoms with E-state index in [0.29, 0.717) is 22.4 Å². The molecule has 3 aromatic rings. The number of nitrogens with zero attached hydrogens (tertiary/aromatic N) is 4. The van der Waals surface area contributed by atoms with Crippen LogP contribution in [-0.2, 0) is 11.2 Å². The molecule has 1 aromatic heterocycles. The molecular formula is C26H23F2N5O3. The molecule has 8 nitrogen and oxygen atoms in total. The molecule has 0 spiro atoms. The van der Waals surface area contributed by atoms with Gasteiger partial charge in [0.15, 0.2) is 0 Å². The zero-order valence-corrected chi connectivity index (χ0v) is 19.9. The zero-order valence-electron chi connectivity index (χ0n) is 19.9. The Morgan fingerprint density at radius 1 is 1.17 bits per heavy atom. The highest BCUT2D eigenvalue weighted by molar-refractivity contribution is 6.02. The molecule has 1 aliphatic heterocycles. The lowest BCUT2D eigenvalue weighted by molar-refractivity contribution is -0.121. The van der Waals surface area contributed by atoms with Gasteiger partial charge in [-0.25, -0.2) is 13.9 Å². The summed E-state index contributed by atoms with van der Waals surface area (Å²) in [7, 11) is 0. The summed E-state index contributed by atoms with van der Waals surface area (Å²) in [6, 6.07) is 9.11. The van der Waals surface area contributed by atoms with Crippen LogP contribution in [0.2, 0.25) is 0 Å². The van der Waals surface area contributed by atoms with Crippen LogP contribution in [0.15, 0.2) is 41.2 Å². The minimum Gasteiger partial charge on any atom is -0.327 e. The molecule has 36 heavy (non-hydrogen) atoms. The smallest absolute Gasteiger partial charge is 0.267 e. The van der Waals surface area contributed by atoms with Crippen molar-refractivity contribution in [2.24, 2.45) is 0 Å². The van der Waals surface area contributed by atoms with E-state index in [2.05, 4.69) is 10.2 Å². The van der Waals surface area contributed by atoms with Gasteiger partial charge >= 0.3 is 0 Å². The first-order valence-corrected chi connectivity index (χ1v) is 11.2. The van der Waals surface area contributed by atoms with E-state index in [0.717, 1.165) is 12.1 Å². The molecule has 10 heteroatoms. The van der Waals surface area contributed by atoms with E-state index in [1.165, 1.54) is 34.1 Å². The first-order chi connectivity index (χ1) is 17.1. The number of anilines is 1. The predicted molar refractivity (Wildman–Crippen MR) is 128 cm³/mol. The first-order valence-electron chi connectivity index (χ1n) is 11.2. The SMILES string of the molecule is Cc1c(Cc2ccc(F)c(C(=O)N3CC(=O)N(c4cc(F)cc(C#N)c4)C(C)C3)c2)n[nH]c(=O)c1C. The second-order valence-corrected chi connectivity index (χ2v) is 8.85. The van der Waals surface area contributed by atoms with Crippen LogP contribution < -0.4 is 10.5 Å². The summed E-state index contributed by atoms with van der Waals surface area (Å²) >= 11 is 0. The largest absolute Gasteiger partial charge is 0.327 e. The van der Waals surface area contributed by atoms with Crippen LogP contribution in [0.25, 0.3) is 0 Å². The van der Waals surface area contributed by atoms with Gasteiger partial charge in [-0.1, -0.05) is 6.07 Å². The monoisotopic (exact) mass is 491 g/mol. The number of halogens is 2. The number of carbonyl (C=O) groups excluding carboxylic acids is 2. The topological polar surface area (TPSA) is 110 Å². The van der Waals surface area contributed by atoms with E-state index in [1.54, 1.807) is 20.8 Å². The van der Waals surface area contributed by atoms with Crippen molar-refractivity contribution in [3.8, 4) is 6.07 Å². The van der Waals surface area contributed by atoms with Crippen molar-refractivity contribution in [2.75, 3.05) is 18.0 Å². The highest BCUT2D eigenvalue weighted by Gasteiger charge is 2.34. The van der Waals surface area contributed by atoms with Crippen LogP contribution in [0.3, 0.4) is 0 Å². The van der Waals surface area contributed by atoms with Crippen LogP contribution in [0, 0.1) is 36.8 Å². The molecule has 1 aliphatic rings. The summed E-state index contributed by atoms with van der Waals surface area (Å²) in [5, 5.41) is 15.6. The highest BCUT2D eigenvalue weighted by Crippen LogP contribution is 2.25. The summed E-state index contributed by atoms with van der Waals surface area (Å²) in [4.78, 5) is 40.5. The predicted octanol–water partition coefficient (Wildman–Crippen LogP) is 3.00. The maximum absolute atomic E-state index is 14.7. The molecule has 1 saturated heterocycles. The minimum atomic E-state index is -0.725. The number of carbonyl (C=O) groups is 2. The number of hydrogen-bond acceptors (Lipinski definition) is 5. The van der Waals surface area contributed by atoms with Crippen molar-refractivity contribution < 1.29 is 18.4 Å². The Kier molecular flexibility index (Phi) is 6.66. The van der Waals surface area contributed by atoms with Gasteiger partial charge < -0.3 is 9.80 Å². The Labute approximate surface area is 205 Å². The van der Waals surface area contributed by atoms with Gasteiger partial charge in [-0.2, -0.15) is 10.4 Å². The average molecular weight is 491 g/mol. The van der Waals surface area contributed by atoms with Crippen LogP contribution in [0.5, 0.6) is 0 Å². The van der Waals surface area contributed by atoms with Gasteiger partial charge in [-0.3, -0.25) is 14.4 Å². The van der Waals surface area contributed by atoms with Crippen LogP contribution in [-0.4, -0.2) is 46.0 Å². The van der Waals surface area contributed by atoms with E-state index in [9.17, 15) is 23.2 Å². The van der Waals surface area contributed by atoms with Gasteiger partial charge in [0, 0.05) is 24.2 Å². The molecule has 1 N–H and O–H groups in total. The fourth-order valence-corrected chi connectivity index (χ4v) is 4.34. The summed E-state index contributed by atoms with van der Waals surface area (Å²) in [6.07, 6.45) is 0.272. The zero-order chi connectivity index (χ0) is 26.1. The molecule has 2 aromatic carbocycles. The number of rotatable bonds is 4. The maximum atomic E-state index is 14.7. The lowest BCUT2D eigenvalue weighted by atomic mass is 10.0. The van der Waals surface area contributed by atoms with Crippen LogP contribution in [0.4, 0.5) is 14.5 Å². The fraction of sp³-hybridized carbons (Fsp3) is 0.269. The second-order valence-electron chi connectivity index (χ2n) is 8.85. The Morgan fingerprint density at radius 2 is 1.92 bits per heavy atom. The number of nitrogens with one attached hydrogen (secondary N) is 1. The highest BCUT2D eigenvalue weighted by atomic mass is 19.1. The summed E-state index contributed by atoms with van der Waals surface area (Å²) in [6.45, 7) is 4.90. The van der Waals surface area contributed by atoms with Gasteiger partial charge in [-0.05, 0) is 62.2 Å². The molecule has 0 aliphatic carbocycles. The number of piperazine rings is 1. The number of H-pyrrole nitrogens is 1. The molecule has 184 valence electrons. The van der Waals surface area contributed by atoms with E-state index in [-0.39, 0.29) is 41.9 Å². The Bertz CT molecular complexity index is 1480. The van der Waals surface area contributed by atoms with Gasteiger partial charge in [0.25, 0.3) is 11.5 Å². The molecule has 0 bridgehead atoms. The van der Waals surface area contributed by atoms with Crippen molar-refractivity contribution in [1.82, 2.24) is 15.1 Å². The van der Waals surface area contributed by atoms with Crippen molar-refractivity contribution in [3.63, 3.8) is 0 Å². The third-order valence-electron chi connectivity index (χ3n) is 6.36. The number of hydrogen-bond donors (Lipinski definition) is 1. The van der Waals surface area contributed by atoms with Gasteiger partial charge in [0.1, 0.15) is 18.2 Å². The second kappa shape index (κ2) is 9.70. The lowest BCUT2D eigenvalue weighted by Crippen LogP contribution is -2.57. The summed E-state index contributed by atoms with van der Waals surface area (Å²) in [5.74, 6) is -2.49. The van der Waals surface area contributed by atoms with Crippen molar-refractivity contribution in [2.45, 2.75) is 33.2 Å². The number of aromatic amines is 1. The third kappa shape index (κ3) is 4.73. The van der Waals surface area contributed by atoms with Crippen molar-refractivity contribution >= 4 is 17.5 Å². The molecule has 1 atom stereocenters. The number of aromatic nitrogens is 2. The first kappa shape index (κ1) is 24.7. The van der Waals surface area contributed by atoms with Gasteiger partial charge in [0.2, 0.25) is 5.91 Å². The molecular weight excluding hydrogens is 468 g/mol. The maximum Gasteiger partial charge on any atom is 0.267 e. The number of amides is 2. The Hall–Kier alpha value is -4.39. The van der Waals surface area contributed by atoms with Gasteiger partial charge in [0.05, 0.1) is 28.9 Å². The van der Waals surface area contributed by atoms with E-state index in [1.807, 2.05) is 6.07 Å². The molecule has 2 heterocycles. The van der Waals surface area contributed by atoms with Gasteiger partial charge in [-0.15, -0.1) is 0 Å². The van der Waals surface area contributed by atoms with Crippen molar-refractivity contribution in [3.05, 3.63) is 91.9 Å². The standard InChI is InChI=1S/C26H23F2N5O3/c1-14-12-32(13-24(34)33(14)20-7-18(11-29)6-19(27)10-20)26(36)21-8-17(4-5-22(21)28)9-23-15(2)16(3)25(35)31-30-23/h4-8,10,14H,9,12-13H2,1-3H3,(H,31,35). The van der Waals surface area contributed by atoms with Crippen molar-refractivity contribution in [1.29, 1.82) is 5.26 Å².